The van der Waals surface area contributed by atoms with Gasteiger partial charge in [-0.25, -0.2) is 0 Å². The van der Waals surface area contributed by atoms with Crippen molar-refractivity contribution >= 4 is 46.4 Å². The Labute approximate surface area is 209 Å². The molecule has 3 heterocycles. The first kappa shape index (κ1) is 21.3. The third kappa shape index (κ3) is 2.90. The summed E-state index contributed by atoms with van der Waals surface area (Å²) in [4.78, 5) is 56.8. The Kier molecular flexibility index (Phi) is 4.58. The van der Waals surface area contributed by atoms with Gasteiger partial charge in [0, 0.05) is 21.6 Å². The van der Waals surface area contributed by atoms with E-state index < -0.39 is 0 Å². The predicted molar refractivity (Wildman–Crippen MR) is 134 cm³/mol. The summed E-state index contributed by atoms with van der Waals surface area (Å²) in [6, 6.07) is 17.0. The van der Waals surface area contributed by atoms with Crippen molar-refractivity contribution in [1.82, 2.24) is 4.98 Å². The molecule has 7 rings (SSSR count). The van der Waals surface area contributed by atoms with Crippen LogP contribution in [0.1, 0.15) is 40.1 Å². The largest absolute Gasteiger partial charge is 0.307 e. The van der Waals surface area contributed by atoms with Gasteiger partial charge in [0.2, 0.25) is 11.8 Å². The van der Waals surface area contributed by atoms with Gasteiger partial charge in [-0.3, -0.25) is 24.1 Å². The van der Waals surface area contributed by atoms with E-state index in [1.165, 1.54) is 23.2 Å². The van der Waals surface area contributed by atoms with Crippen LogP contribution in [0.15, 0.2) is 64.4 Å². The molecule has 2 amide bonds. The van der Waals surface area contributed by atoms with Gasteiger partial charge in [0.05, 0.1) is 22.5 Å². The Hall–Kier alpha value is -2.97. The number of nitrogens with one attached hydrogen (secondary N) is 1. The zero-order valence-electron chi connectivity index (χ0n) is 18.8. The third-order valence-corrected chi connectivity index (χ3v) is 11.0. The molecular weight excluding hydrogens is 480 g/mol. The highest BCUT2D eigenvalue weighted by Crippen LogP contribution is 2.68. The fourth-order valence-corrected chi connectivity index (χ4v) is 10.0. The Morgan fingerprint density at radius 1 is 0.943 bits per heavy atom. The normalized spacial score (nSPS) is 32.5. The van der Waals surface area contributed by atoms with Gasteiger partial charge >= 0.3 is 4.87 Å². The quantitative estimate of drug-likeness (QED) is 0.426. The second-order valence-electron chi connectivity index (χ2n) is 9.99. The van der Waals surface area contributed by atoms with Crippen LogP contribution >= 0.6 is 23.1 Å². The van der Waals surface area contributed by atoms with Crippen molar-refractivity contribution in [3.63, 3.8) is 0 Å². The smallest absolute Gasteiger partial charge is 0.305 e. The van der Waals surface area contributed by atoms with Gasteiger partial charge in [-0.2, -0.15) is 0 Å². The van der Waals surface area contributed by atoms with Crippen molar-refractivity contribution < 1.29 is 14.4 Å². The Bertz CT molecular complexity index is 1440. The van der Waals surface area contributed by atoms with Gasteiger partial charge < -0.3 is 4.98 Å². The lowest BCUT2D eigenvalue weighted by atomic mass is 9.68. The first-order valence-corrected chi connectivity index (χ1v) is 13.6. The van der Waals surface area contributed by atoms with Crippen LogP contribution in [0.25, 0.3) is 0 Å². The first-order chi connectivity index (χ1) is 16.9. The van der Waals surface area contributed by atoms with E-state index in [9.17, 15) is 19.2 Å². The summed E-state index contributed by atoms with van der Waals surface area (Å²) < 4.78 is 0. The second-order valence-corrected chi connectivity index (χ2v) is 12.2. The summed E-state index contributed by atoms with van der Waals surface area (Å²) in [6.45, 7) is 1.50. The van der Waals surface area contributed by atoms with Crippen LogP contribution in [0, 0.1) is 29.6 Å². The van der Waals surface area contributed by atoms with Gasteiger partial charge in [0.25, 0.3) is 0 Å². The summed E-state index contributed by atoms with van der Waals surface area (Å²) >= 11 is 2.97. The Morgan fingerprint density at radius 2 is 1.63 bits per heavy atom. The molecule has 8 heteroatoms. The second kappa shape index (κ2) is 7.51. The van der Waals surface area contributed by atoms with Crippen molar-refractivity contribution in [3.05, 3.63) is 80.3 Å². The number of amides is 2. The summed E-state index contributed by atoms with van der Waals surface area (Å²) in [7, 11) is 0. The number of aromatic nitrogens is 1. The van der Waals surface area contributed by atoms with Crippen molar-refractivity contribution in [2.75, 3.05) is 4.90 Å². The van der Waals surface area contributed by atoms with Crippen molar-refractivity contribution in [1.29, 1.82) is 0 Å². The van der Waals surface area contributed by atoms with Crippen molar-refractivity contribution in [2.24, 2.45) is 29.6 Å². The van der Waals surface area contributed by atoms with Gasteiger partial charge in [-0.15, -0.1) is 11.8 Å². The highest BCUT2D eigenvalue weighted by atomic mass is 32.2. The standard InChI is InChI=1S/C27H22N2O4S2/c1-12(30)13-7-9-15(10-8-13)29-25(31)20-16-11-17(21(20)26(29)32)22-19(16)18(14-5-3-2-4-6-14)23-24(34-22)28-27(33)35-23/h2-10,16-22H,11H2,1H3,(H,28,33)/t16-,17-,18-,19-,20+,21-,22-/m1/s1. The van der Waals surface area contributed by atoms with Gasteiger partial charge in [-0.1, -0.05) is 41.7 Å². The SMILES string of the molecule is CC(=O)c1ccc(N2C(=O)[C@@H]3[C@H]4C[C@@H]([C@@H]3C2=O)[C@@H]2[C@@H](c3ccccc3)c3sc(=O)[nH]c3S[C@H]42)cc1. The number of nitrogens with zero attached hydrogens (tertiary/aromatic N) is 1. The first-order valence-electron chi connectivity index (χ1n) is 11.9. The fraction of sp³-hybridized carbons (Fsp3) is 0.333. The number of hydrogen-bond donors (Lipinski definition) is 1. The Balaban J connectivity index is 1.29. The number of fused-ring (bicyclic) bond motifs is 9. The van der Waals surface area contributed by atoms with Crippen LogP contribution in [0.4, 0.5) is 5.69 Å². The molecule has 3 fully saturated rings. The van der Waals surface area contributed by atoms with Crippen LogP contribution in [0.2, 0.25) is 0 Å². The van der Waals surface area contributed by atoms with Crippen LogP contribution in [-0.2, 0) is 9.59 Å². The maximum Gasteiger partial charge on any atom is 0.305 e. The molecular formula is C27H22N2O4S2. The average Bonchev–Trinajstić information content (AvgIpc) is 3.58. The topological polar surface area (TPSA) is 87.3 Å². The number of hydrogen-bond acceptors (Lipinski definition) is 6. The van der Waals surface area contributed by atoms with Gasteiger partial charge in [-0.05, 0) is 60.9 Å². The van der Waals surface area contributed by atoms with Crippen LogP contribution in [0.3, 0.4) is 0 Å². The number of thioether (sulfide) groups is 1. The number of benzene rings is 2. The highest BCUT2D eigenvalue weighted by molar-refractivity contribution is 8.00. The number of carbonyl (C=O) groups excluding carboxylic acids is 3. The molecule has 0 unspecified atom stereocenters. The summed E-state index contributed by atoms with van der Waals surface area (Å²) in [5.41, 5.74) is 2.26. The molecule has 1 N–H and O–H groups in total. The maximum atomic E-state index is 13.8. The zero-order chi connectivity index (χ0) is 24.0. The van der Waals surface area contributed by atoms with Crippen molar-refractivity contribution in [2.45, 2.75) is 29.5 Å². The summed E-state index contributed by atoms with van der Waals surface area (Å²) in [6.07, 6.45) is 0.870. The number of anilines is 1. The molecule has 176 valence electrons. The highest BCUT2D eigenvalue weighted by Gasteiger charge is 2.69. The van der Waals surface area contributed by atoms with E-state index in [1.807, 2.05) is 18.2 Å². The lowest BCUT2D eigenvalue weighted by molar-refractivity contribution is -0.123. The third-order valence-electron chi connectivity index (χ3n) is 8.41. The molecule has 2 bridgehead atoms. The number of aromatic amines is 1. The average molecular weight is 503 g/mol. The molecule has 0 spiro atoms. The van der Waals surface area contributed by atoms with E-state index in [-0.39, 0.29) is 63.2 Å². The Morgan fingerprint density at radius 3 is 2.31 bits per heavy atom. The molecule has 2 aromatic carbocycles. The number of Topliss-reactive ketones (excluding diaryl/α,β-unsaturated/α-hetero) is 1. The van der Waals surface area contributed by atoms with E-state index in [2.05, 4.69) is 17.1 Å². The number of carbonyl (C=O) groups is 3. The molecule has 6 nitrogen and oxygen atoms in total. The number of H-pyrrole nitrogens is 1. The minimum Gasteiger partial charge on any atom is -0.307 e. The molecule has 2 aliphatic heterocycles. The lowest BCUT2D eigenvalue weighted by Gasteiger charge is -2.43. The van der Waals surface area contributed by atoms with E-state index >= 15 is 0 Å². The minimum absolute atomic E-state index is 0.0455. The molecule has 1 aromatic heterocycles. The monoisotopic (exact) mass is 502 g/mol. The van der Waals surface area contributed by atoms with Crippen LogP contribution in [-0.4, -0.2) is 27.8 Å². The molecule has 3 aromatic rings. The predicted octanol–water partition coefficient (Wildman–Crippen LogP) is 4.32. The molecule has 35 heavy (non-hydrogen) atoms. The molecule has 7 atom stereocenters. The van der Waals surface area contributed by atoms with Gasteiger partial charge in [0.15, 0.2) is 5.78 Å². The lowest BCUT2D eigenvalue weighted by Crippen LogP contribution is -2.42. The van der Waals surface area contributed by atoms with Crippen LogP contribution in [0.5, 0.6) is 0 Å². The molecule has 1 saturated heterocycles. The number of ketones is 1. The maximum absolute atomic E-state index is 13.8. The van der Waals surface area contributed by atoms with E-state index in [0.717, 1.165) is 21.9 Å². The van der Waals surface area contributed by atoms with E-state index in [0.29, 0.717) is 11.3 Å². The number of rotatable bonds is 3. The summed E-state index contributed by atoms with van der Waals surface area (Å²) in [5, 5.41) is 1.11. The van der Waals surface area contributed by atoms with Crippen molar-refractivity contribution in [3.8, 4) is 0 Å². The van der Waals surface area contributed by atoms with Crippen LogP contribution < -0.4 is 9.77 Å². The van der Waals surface area contributed by atoms with Gasteiger partial charge in [0.1, 0.15) is 0 Å². The molecule has 4 aliphatic rings. The fourth-order valence-electron chi connectivity index (χ4n) is 7.15. The van der Waals surface area contributed by atoms with E-state index in [4.69, 9.17) is 0 Å². The van der Waals surface area contributed by atoms with E-state index in [1.54, 1.807) is 36.0 Å². The zero-order valence-corrected chi connectivity index (χ0v) is 20.5. The minimum atomic E-state index is -0.328. The number of thiazole rings is 1. The summed E-state index contributed by atoms with van der Waals surface area (Å²) in [5.74, 6) is -0.508. The molecule has 0 radical (unpaired) electrons. The molecule has 2 saturated carbocycles. The molecule has 2 aliphatic carbocycles. The number of imide groups is 1.